The molecule has 0 bridgehead atoms. The van der Waals surface area contributed by atoms with Crippen LogP contribution in [0.3, 0.4) is 0 Å². The van der Waals surface area contributed by atoms with E-state index in [0.717, 1.165) is 22.7 Å². The Labute approximate surface area is 107 Å². The van der Waals surface area contributed by atoms with Crippen molar-refractivity contribution in [3.8, 4) is 0 Å². The second-order valence-electron chi connectivity index (χ2n) is 4.61. The van der Waals surface area contributed by atoms with Crippen LogP contribution in [-0.2, 0) is 0 Å². The van der Waals surface area contributed by atoms with Crippen molar-refractivity contribution in [1.29, 1.82) is 0 Å². The molecular weight excluding hydrogens is 238 g/mol. The van der Waals surface area contributed by atoms with Crippen molar-refractivity contribution in [2.75, 3.05) is 0 Å². The predicted molar refractivity (Wildman–Crippen MR) is 75.6 cm³/mol. The van der Waals surface area contributed by atoms with Crippen LogP contribution in [0.1, 0.15) is 39.7 Å². The van der Waals surface area contributed by atoms with Crippen LogP contribution in [0.4, 0.5) is 0 Å². The Hall–Kier alpha value is -0.470. The van der Waals surface area contributed by atoms with Crippen LogP contribution in [0, 0.1) is 0 Å². The fourth-order valence-corrected chi connectivity index (χ4v) is 1.99. The van der Waals surface area contributed by atoms with Crippen LogP contribution in [0.5, 0.6) is 0 Å². The number of halogens is 1. The van der Waals surface area contributed by atoms with E-state index in [4.69, 9.17) is 11.6 Å². The largest absolute Gasteiger partial charge is 0.220 e. The molecule has 0 aliphatic heterocycles. The summed E-state index contributed by atoms with van der Waals surface area (Å²) in [6.07, 6.45) is 0.920. The van der Waals surface area contributed by atoms with Crippen LogP contribution < -0.4 is 0 Å². The minimum atomic E-state index is 0.152. The van der Waals surface area contributed by atoms with Gasteiger partial charge in [-0.15, -0.1) is 0 Å². The molecule has 0 aliphatic carbocycles. The lowest BCUT2D eigenvalue weighted by molar-refractivity contribution is 0.804. The van der Waals surface area contributed by atoms with Gasteiger partial charge in [0.25, 0.3) is 0 Å². The van der Waals surface area contributed by atoms with Crippen molar-refractivity contribution in [3.63, 3.8) is 0 Å². The monoisotopic (exact) mass is 255 g/mol. The van der Waals surface area contributed by atoms with Crippen molar-refractivity contribution in [2.45, 2.75) is 38.9 Å². The van der Waals surface area contributed by atoms with Gasteiger partial charge in [0.2, 0.25) is 0 Å². The molecule has 1 aromatic carbocycles. The first kappa shape index (κ1) is 13.6. The summed E-state index contributed by atoms with van der Waals surface area (Å²) in [4.78, 5) is 0. The Morgan fingerprint density at radius 3 is 2.56 bits per heavy atom. The van der Waals surface area contributed by atoms with Gasteiger partial charge in [-0.05, 0) is 56.8 Å². The molecule has 0 amide bonds. The molecule has 88 valence electrons. The first-order chi connectivity index (χ1) is 7.42. The van der Waals surface area contributed by atoms with E-state index in [0.29, 0.717) is 0 Å². The molecule has 0 unspecified atom stereocenters. The summed E-state index contributed by atoms with van der Waals surface area (Å²) < 4.78 is 4.75. The van der Waals surface area contributed by atoms with Gasteiger partial charge >= 0.3 is 0 Å². The summed E-state index contributed by atoms with van der Waals surface area (Å²) in [6, 6.07) is 7.87. The molecule has 16 heavy (non-hydrogen) atoms. The molecule has 0 saturated heterocycles. The lowest BCUT2D eigenvalue weighted by atomic mass is 10.1. The standard InChI is InChI=1S/C13H18ClNS/c1-5-12(15-16-13(2,3)4)10-7-6-8-11(14)9-10/h6-9H,5H2,1-4H3. The maximum Gasteiger partial charge on any atom is 0.0557 e. The zero-order valence-corrected chi connectivity index (χ0v) is 11.8. The third-order valence-electron chi connectivity index (χ3n) is 1.92. The fraction of sp³-hybridized carbons (Fsp3) is 0.462. The third-order valence-corrected chi connectivity index (χ3v) is 3.02. The van der Waals surface area contributed by atoms with Gasteiger partial charge in [-0.2, -0.15) is 0 Å². The molecule has 0 atom stereocenters. The molecule has 1 aromatic rings. The lowest BCUT2D eigenvalue weighted by Crippen LogP contribution is -2.07. The van der Waals surface area contributed by atoms with Crippen LogP contribution in [-0.4, -0.2) is 10.5 Å². The lowest BCUT2D eigenvalue weighted by Gasteiger charge is -2.14. The van der Waals surface area contributed by atoms with E-state index in [9.17, 15) is 0 Å². The minimum absolute atomic E-state index is 0.152. The third kappa shape index (κ3) is 4.58. The predicted octanol–water partition coefficient (Wildman–Crippen LogP) is 4.99. The Morgan fingerprint density at radius 2 is 2.06 bits per heavy atom. The molecule has 0 fully saturated rings. The Bertz CT molecular complexity index is 380. The topological polar surface area (TPSA) is 12.4 Å². The van der Waals surface area contributed by atoms with Crippen molar-refractivity contribution < 1.29 is 0 Å². The van der Waals surface area contributed by atoms with Gasteiger partial charge in [0.05, 0.1) is 5.71 Å². The second kappa shape index (κ2) is 5.74. The Morgan fingerprint density at radius 1 is 1.38 bits per heavy atom. The summed E-state index contributed by atoms with van der Waals surface area (Å²) in [5, 5.41) is 0.763. The Balaban J connectivity index is 2.90. The summed E-state index contributed by atoms with van der Waals surface area (Å²) in [7, 11) is 0. The summed E-state index contributed by atoms with van der Waals surface area (Å²) >= 11 is 7.59. The fourth-order valence-electron chi connectivity index (χ4n) is 1.18. The number of hydrogen-bond donors (Lipinski definition) is 0. The highest BCUT2D eigenvalue weighted by molar-refractivity contribution is 7.99. The van der Waals surface area contributed by atoms with Crippen molar-refractivity contribution >= 4 is 29.3 Å². The molecule has 0 N–H and O–H groups in total. The molecule has 0 heterocycles. The highest BCUT2D eigenvalue weighted by Crippen LogP contribution is 2.26. The average Bonchev–Trinajstić information content (AvgIpc) is 2.17. The zero-order chi connectivity index (χ0) is 12.2. The van der Waals surface area contributed by atoms with Crippen LogP contribution in [0.25, 0.3) is 0 Å². The van der Waals surface area contributed by atoms with Crippen molar-refractivity contribution in [1.82, 2.24) is 0 Å². The van der Waals surface area contributed by atoms with Crippen LogP contribution in [0.2, 0.25) is 5.02 Å². The van der Waals surface area contributed by atoms with Crippen LogP contribution >= 0.6 is 23.5 Å². The highest BCUT2D eigenvalue weighted by atomic mass is 35.5. The average molecular weight is 256 g/mol. The van der Waals surface area contributed by atoms with Gasteiger partial charge in [-0.25, -0.2) is 4.40 Å². The molecular formula is C13H18ClNS. The molecule has 1 nitrogen and oxygen atoms in total. The first-order valence-electron chi connectivity index (χ1n) is 5.43. The number of hydrogen-bond acceptors (Lipinski definition) is 2. The number of rotatable bonds is 3. The van der Waals surface area contributed by atoms with Gasteiger partial charge < -0.3 is 0 Å². The van der Waals surface area contributed by atoms with E-state index in [-0.39, 0.29) is 4.75 Å². The summed E-state index contributed by atoms with van der Waals surface area (Å²) in [5.74, 6) is 0. The molecule has 0 spiro atoms. The van der Waals surface area contributed by atoms with E-state index >= 15 is 0 Å². The first-order valence-corrected chi connectivity index (χ1v) is 6.58. The molecule has 0 aromatic heterocycles. The molecule has 0 saturated carbocycles. The van der Waals surface area contributed by atoms with E-state index in [2.05, 4.69) is 38.2 Å². The number of nitrogens with zero attached hydrogens (tertiary/aromatic N) is 1. The van der Waals surface area contributed by atoms with Crippen molar-refractivity contribution in [3.05, 3.63) is 34.9 Å². The van der Waals surface area contributed by atoms with Gasteiger partial charge in [-0.3, -0.25) is 0 Å². The second-order valence-corrected chi connectivity index (χ2v) is 6.63. The van der Waals surface area contributed by atoms with Gasteiger partial charge in [-0.1, -0.05) is 30.7 Å². The molecule has 3 heteroatoms. The smallest absolute Gasteiger partial charge is 0.0557 e. The summed E-state index contributed by atoms with van der Waals surface area (Å²) in [6.45, 7) is 8.59. The van der Waals surface area contributed by atoms with E-state index in [1.54, 1.807) is 11.9 Å². The summed E-state index contributed by atoms with van der Waals surface area (Å²) in [5.41, 5.74) is 2.22. The maximum absolute atomic E-state index is 5.97. The SMILES string of the molecule is CCC(=NSC(C)(C)C)c1cccc(Cl)c1. The molecule has 1 rings (SSSR count). The van der Waals surface area contributed by atoms with E-state index < -0.39 is 0 Å². The normalized spacial score (nSPS) is 12.9. The van der Waals surface area contributed by atoms with Gasteiger partial charge in [0.1, 0.15) is 0 Å². The van der Waals surface area contributed by atoms with E-state index in [1.807, 2.05) is 18.2 Å². The number of benzene rings is 1. The zero-order valence-electron chi connectivity index (χ0n) is 10.2. The molecule has 0 aliphatic rings. The van der Waals surface area contributed by atoms with Gasteiger partial charge in [0, 0.05) is 9.77 Å². The van der Waals surface area contributed by atoms with E-state index in [1.165, 1.54) is 0 Å². The van der Waals surface area contributed by atoms with Crippen molar-refractivity contribution in [2.24, 2.45) is 4.40 Å². The highest BCUT2D eigenvalue weighted by Gasteiger charge is 2.11. The molecule has 0 radical (unpaired) electrons. The van der Waals surface area contributed by atoms with Gasteiger partial charge in [0.15, 0.2) is 0 Å². The van der Waals surface area contributed by atoms with Crippen LogP contribution in [0.15, 0.2) is 28.7 Å². The maximum atomic E-state index is 5.97. The minimum Gasteiger partial charge on any atom is -0.220 e. The quantitative estimate of drug-likeness (QED) is 0.548. The Kier molecular flexibility index (Phi) is 4.88.